The second kappa shape index (κ2) is 5.40. The van der Waals surface area contributed by atoms with Gasteiger partial charge in [0, 0.05) is 24.9 Å². The van der Waals surface area contributed by atoms with Crippen molar-refractivity contribution in [2.45, 2.75) is 25.4 Å². The van der Waals surface area contributed by atoms with Crippen molar-refractivity contribution in [3.63, 3.8) is 0 Å². The number of nitrogens with zero attached hydrogens (tertiary/aromatic N) is 2. The molecule has 1 aromatic heterocycles. The highest BCUT2D eigenvalue weighted by Gasteiger charge is 2.34. The Morgan fingerprint density at radius 1 is 1.29 bits per heavy atom. The van der Waals surface area contributed by atoms with E-state index in [0.717, 1.165) is 11.1 Å². The molecular formula is C15H15N3O3. The second-order valence-electron chi connectivity index (χ2n) is 5.11. The number of nitrogens with one attached hydrogen (secondary N) is 1. The fourth-order valence-corrected chi connectivity index (χ4v) is 2.65. The van der Waals surface area contributed by atoms with E-state index in [1.165, 1.54) is 4.90 Å². The van der Waals surface area contributed by atoms with Crippen molar-refractivity contribution in [3.8, 4) is 0 Å². The van der Waals surface area contributed by atoms with Crippen LogP contribution < -0.4 is 0 Å². The molecule has 3 rings (SSSR count). The van der Waals surface area contributed by atoms with E-state index in [9.17, 15) is 14.7 Å². The third-order valence-corrected chi connectivity index (χ3v) is 3.75. The molecule has 0 unspecified atom stereocenters. The number of carbonyl (C=O) groups excluding carboxylic acids is 1. The summed E-state index contributed by atoms with van der Waals surface area (Å²) in [6.07, 6.45) is 2.05. The zero-order valence-corrected chi connectivity index (χ0v) is 11.3. The Balaban J connectivity index is 1.85. The average molecular weight is 285 g/mol. The topological polar surface area (TPSA) is 86.3 Å². The fourth-order valence-electron chi connectivity index (χ4n) is 2.65. The maximum Gasteiger partial charge on any atom is 0.326 e. The summed E-state index contributed by atoms with van der Waals surface area (Å²) in [5.74, 6) is -1.18. The summed E-state index contributed by atoms with van der Waals surface area (Å²) in [4.78, 5) is 25.3. The van der Waals surface area contributed by atoms with Crippen LogP contribution in [0.4, 0.5) is 0 Å². The van der Waals surface area contributed by atoms with Crippen LogP contribution in [0.1, 0.15) is 16.8 Å². The lowest BCUT2D eigenvalue weighted by Gasteiger charge is -2.34. The van der Waals surface area contributed by atoms with Crippen LogP contribution in [0.25, 0.3) is 0 Å². The molecule has 0 saturated carbocycles. The monoisotopic (exact) mass is 285 g/mol. The van der Waals surface area contributed by atoms with E-state index in [1.54, 1.807) is 12.3 Å². The molecule has 21 heavy (non-hydrogen) atoms. The van der Waals surface area contributed by atoms with Gasteiger partial charge in [0.25, 0.3) is 0 Å². The van der Waals surface area contributed by atoms with Gasteiger partial charge >= 0.3 is 5.97 Å². The first-order valence-electron chi connectivity index (χ1n) is 6.72. The van der Waals surface area contributed by atoms with Crippen molar-refractivity contribution in [2.24, 2.45) is 0 Å². The van der Waals surface area contributed by atoms with Gasteiger partial charge in [-0.2, -0.15) is 5.10 Å². The molecule has 1 amide bonds. The smallest absolute Gasteiger partial charge is 0.326 e. The lowest BCUT2D eigenvalue weighted by atomic mass is 9.93. The Labute approximate surface area is 121 Å². The van der Waals surface area contributed by atoms with Gasteiger partial charge in [-0.15, -0.1) is 0 Å². The average Bonchev–Trinajstić information content (AvgIpc) is 2.98. The van der Waals surface area contributed by atoms with Crippen molar-refractivity contribution in [3.05, 3.63) is 53.3 Å². The zero-order chi connectivity index (χ0) is 14.8. The first kappa shape index (κ1) is 13.4. The highest BCUT2D eigenvalue weighted by Crippen LogP contribution is 2.24. The molecule has 0 saturated heterocycles. The van der Waals surface area contributed by atoms with Gasteiger partial charge in [0.05, 0.1) is 6.42 Å². The Morgan fingerprint density at radius 2 is 2.05 bits per heavy atom. The summed E-state index contributed by atoms with van der Waals surface area (Å²) in [5.41, 5.74) is 2.69. The standard InChI is InChI=1S/C15H15N3O3/c19-14(8-12-5-6-16-17-12)18-9-11-4-2-1-3-10(11)7-13(18)15(20)21/h1-6,13H,7-9H2,(H,16,17)(H,20,21)/t13-/m0/s1. The van der Waals surface area contributed by atoms with E-state index in [0.29, 0.717) is 18.7 Å². The molecule has 0 radical (unpaired) electrons. The van der Waals surface area contributed by atoms with Crippen molar-refractivity contribution in [1.82, 2.24) is 15.1 Å². The van der Waals surface area contributed by atoms with E-state index in [4.69, 9.17) is 0 Å². The molecule has 2 N–H and O–H groups in total. The van der Waals surface area contributed by atoms with E-state index < -0.39 is 12.0 Å². The van der Waals surface area contributed by atoms with E-state index in [2.05, 4.69) is 10.2 Å². The molecular weight excluding hydrogens is 270 g/mol. The van der Waals surface area contributed by atoms with Gasteiger partial charge in [-0.1, -0.05) is 24.3 Å². The third-order valence-electron chi connectivity index (χ3n) is 3.75. The predicted molar refractivity (Wildman–Crippen MR) is 74.4 cm³/mol. The van der Waals surface area contributed by atoms with E-state index in [1.807, 2.05) is 24.3 Å². The van der Waals surface area contributed by atoms with Crippen molar-refractivity contribution in [1.29, 1.82) is 0 Å². The van der Waals surface area contributed by atoms with Crippen LogP contribution in [-0.2, 0) is 29.0 Å². The minimum Gasteiger partial charge on any atom is -0.480 e. The summed E-state index contributed by atoms with van der Waals surface area (Å²) in [6, 6.07) is 8.55. The molecule has 2 aromatic rings. The maximum absolute atomic E-state index is 12.4. The highest BCUT2D eigenvalue weighted by molar-refractivity contribution is 5.85. The summed E-state index contributed by atoms with van der Waals surface area (Å²) in [7, 11) is 0. The number of carboxylic acids is 1. The summed E-state index contributed by atoms with van der Waals surface area (Å²) in [5, 5.41) is 15.9. The SMILES string of the molecule is O=C(O)[C@@H]1Cc2ccccc2CN1C(=O)Cc1ccn[nH]1. The van der Waals surface area contributed by atoms with Gasteiger partial charge in [-0.05, 0) is 17.2 Å². The Hall–Kier alpha value is -2.63. The van der Waals surface area contributed by atoms with Gasteiger partial charge in [0.15, 0.2) is 0 Å². The predicted octanol–water partition coefficient (Wildman–Crippen LogP) is 0.990. The zero-order valence-electron chi connectivity index (χ0n) is 11.3. The lowest BCUT2D eigenvalue weighted by Crippen LogP contribution is -2.49. The largest absolute Gasteiger partial charge is 0.480 e. The summed E-state index contributed by atoms with van der Waals surface area (Å²) < 4.78 is 0. The van der Waals surface area contributed by atoms with Gasteiger partial charge in [0.2, 0.25) is 5.91 Å². The van der Waals surface area contributed by atoms with Crippen LogP contribution >= 0.6 is 0 Å². The number of H-pyrrole nitrogens is 1. The number of aromatic nitrogens is 2. The number of amides is 1. The number of aliphatic carboxylic acids is 1. The van der Waals surface area contributed by atoms with Crippen LogP contribution in [0, 0.1) is 0 Å². The normalized spacial score (nSPS) is 17.3. The lowest BCUT2D eigenvalue weighted by molar-refractivity contribution is -0.151. The Kier molecular flexibility index (Phi) is 3.43. The Bertz CT molecular complexity index is 667. The summed E-state index contributed by atoms with van der Waals surface area (Å²) >= 11 is 0. The molecule has 6 heteroatoms. The highest BCUT2D eigenvalue weighted by atomic mass is 16.4. The van der Waals surface area contributed by atoms with Crippen LogP contribution in [-0.4, -0.2) is 38.1 Å². The van der Waals surface area contributed by atoms with Crippen molar-refractivity contribution in [2.75, 3.05) is 0 Å². The van der Waals surface area contributed by atoms with E-state index >= 15 is 0 Å². The molecule has 0 aliphatic carbocycles. The van der Waals surface area contributed by atoms with Gasteiger partial charge in [-0.25, -0.2) is 4.79 Å². The number of hydrogen-bond acceptors (Lipinski definition) is 3. The minimum atomic E-state index is -0.970. The van der Waals surface area contributed by atoms with Gasteiger partial charge in [-0.3, -0.25) is 9.89 Å². The minimum absolute atomic E-state index is 0.131. The molecule has 0 spiro atoms. The number of carboxylic acid groups (broad SMARTS) is 1. The third kappa shape index (κ3) is 2.65. The molecule has 0 bridgehead atoms. The van der Waals surface area contributed by atoms with Crippen LogP contribution in [0.15, 0.2) is 36.5 Å². The molecule has 6 nitrogen and oxygen atoms in total. The Morgan fingerprint density at radius 3 is 2.71 bits per heavy atom. The van der Waals surface area contributed by atoms with Crippen LogP contribution in [0.5, 0.6) is 0 Å². The summed E-state index contributed by atoms with van der Waals surface area (Å²) in [6.45, 7) is 0.333. The van der Waals surface area contributed by atoms with Crippen LogP contribution in [0.3, 0.4) is 0 Å². The molecule has 0 fully saturated rings. The van der Waals surface area contributed by atoms with E-state index in [-0.39, 0.29) is 12.3 Å². The number of hydrogen-bond donors (Lipinski definition) is 2. The molecule has 2 heterocycles. The van der Waals surface area contributed by atoms with Crippen molar-refractivity contribution < 1.29 is 14.7 Å². The number of fused-ring (bicyclic) bond motifs is 1. The molecule has 1 aromatic carbocycles. The number of benzene rings is 1. The van der Waals surface area contributed by atoms with Gasteiger partial charge < -0.3 is 10.0 Å². The molecule has 1 aliphatic rings. The van der Waals surface area contributed by atoms with Crippen LogP contribution in [0.2, 0.25) is 0 Å². The molecule has 108 valence electrons. The number of carbonyl (C=O) groups is 2. The first-order chi connectivity index (χ1) is 10.1. The van der Waals surface area contributed by atoms with Crippen molar-refractivity contribution >= 4 is 11.9 Å². The quantitative estimate of drug-likeness (QED) is 0.880. The first-order valence-corrected chi connectivity index (χ1v) is 6.72. The number of aromatic amines is 1. The number of rotatable bonds is 3. The molecule has 1 atom stereocenters. The van der Waals surface area contributed by atoms with Gasteiger partial charge in [0.1, 0.15) is 6.04 Å². The second-order valence-corrected chi connectivity index (χ2v) is 5.11. The maximum atomic E-state index is 12.4. The fraction of sp³-hybridized carbons (Fsp3) is 0.267. The molecule has 1 aliphatic heterocycles.